The Kier molecular flexibility index (Phi) is 7.48. The van der Waals surface area contributed by atoms with E-state index in [0.29, 0.717) is 6.54 Å². The molecule has 120 valence electrons. The number of rotatable bonds is 4. The zero-order valence-corrected chi connectivity index (χ0v) is 13.9. The Morgan fingerprint density at radius 3 is 2.22 bits per heavy atom. The highest BCUT2D eigenvalue weighted by atomic mass is 16.1. The molecule has 0 aliphatic carbocycles. The number of carbonyl (C=O) groups excluding carboxylic acids is 2. The lowest BCUT2D eigenvalue weighted by Crippen LogP contribution is -2.19. The van der Waals surface area contributed by atoms with Crippen LogP contribution < -0.4 is 5.32 Å². The summed E-state index contributed by atoms with van der Waals surface area (Å²) in [4.78, 5) is 22.4. The minimum atomic E-state index is -0.109. The molecule has 0 saturated heterocycles. The third-order valence-corrected chi connectivity index (χ3v) is 3.20. The fourth-order valence-corrected chi connectivity index (χ4v) is 2.06. The van der Waals surface area contributed by atoms with Crippen molar-refractivity contribution >= 4 is 11.7 Å². The largest absolute Gasteiger partial charge is 0.353 e. The van der Waals surface area contributed by atoms with E-state index < -0.39 is 0 Å². The third kappa shape index (κ3) is 5.91. The van der Waals surface area contributed by atoms with E-state index in [1.54, 1.807) is 0 Å². The van der Waals surface area contributed by atoms with E-state index in [9.17, 15) is 9.59 Å². The normalized spacial score (nSPS) is 9.35. The van der Waals surface area contributed by atoms with Crippen molar-refractivity contribution in [3.05, 3.63) is 83.4 Å². The van der Waals surface area contributed by atoms with Gasteiger partial charge in [-0.15, -0.1) is 0 Å². The number of aryl methyl sites for hydroxylation is 2. The van der Waals surface area contributed by atoms with Crippen molar-refractivity contribution in [2.75, 3.05) is 6.54 Å². The van der Waals surface area contributed by atoms with Crippen LogP contribution in [0.1, 0.15) is 34.0 Å². The molecule has 0 fully saturated rings. The Morgan fingerprint density at radius 1 is 1.09 bits per heavy atom. The molecule has 0 unspecified atom stereocenters. The first-order valence-corrected chi connectivity index (χ1v) is 7.56. The first-order valence-electron chi connectivity index (χ1n) is 7.56. The number of benzene rings is 2. The molecule has 0 atom stereocenters. The number of carbonyl (C=O) groups is 2. The highest BCUT2D eigenvalue weighted by Gasteiger charge is 2.10. The number of hydrogen-bond donors (Lipinski definition) is 1. The average Bonchev–Trinajstić information content (AvgIpc) is 2.56. The second kappa shape index (κ2) is 9.36. The standard InChI is InChI=1S/C15H14O.C5H9NO/c1-11-8-9-14(12(2)10-11)15(16)13-6-4-3-5-7-13;1-3-5(7)6-4-2/h3-10H,1-2H3;3H,1,4H2,2H3,(H,6,7). The van der Waals surface area contributed by atoms with E-state index in [1.165, 1.54) is 11.6 Å². The minimum absolute atomic E-state index is 0.0955. The number of hydrogen-bond acceptors (Lipinski definition) is 2. The molecule has 2 rings (SSSR count). The lowest BCUT2D eigenvalue weighted by atomic mass is 9.98. The third-order valence-electron chi connectivity index (χ3n) is 3.20. The molecule has 0 radical (unpaired) electrons. The van der Waals surface area contributed by atoms with Crippen molar-refractivity contribution in [1.82, 2.24) is 5.32 Å². The summed E-state index contributed by atoms with van der Waals surface area (Å²) in [6, 6.07) is 15.3. The minimum Gasteiger partial charge on any atom is -0.353 e. The summed E-state index contributed by atoms with van der Waals surface area (Å²) in [5.41, 5.74) is 3.75. The van der Waals surface area contributed by atoms with Gasteiger partial charge in [0.1, 0.15) is 0 Å². The van der Waals surface area contributed by atoms with E-state index in [4.69, 9.17) is 0 Å². The van der Waals surface area contributed by atoms with E-state index in [2.05, 4.69) is 11.9 Å². The van der Waals surface area contributed by atoms with E-state index in [1.807, 2.05) is 69.3 Å². The first kappa shape index (κ1) is 18.4. The first-order chi connectivity index (χ1) is 11.0. The van der Waals surface area contributed by atoms with Gasteiger partial charge in [-0.05, 0) is 32.4 Å². The van der Waals surface area contributed by atoms with Crippen molar-refractivity contribution in [3.8, 4) is 0 Å². The van der Waals surface area contributed by atoms with Gasteiger partial charge in [0.15, 0.2) is 5.78 Å². The van der Waals surface area contributed by atoms with Crippen molar-refractivity contribution in [2.45, 2.75) is 20.8 Å². The maximum Gasteiger partial charge on any atom is 0.243 e. The Bertz CT molecular complexity index is 675. The van der Waals surface area contributed by atoms with Crippen molar-refractivity contribution in [2.24, 2.45) is 0 Å². The van der Waals surface area contributed by atoms with Crippen LogP contribution in [0.5, 0.6) is 0 Å². The molecular weight excluding hydrogens is 286 g/mol. The molecule has 1 N–H and O–H groups in total. The fraction of sp³-hybridized carbons (Fsp3) is 0.200. The van der Waals surface area contributed by atoms with Crippen molar-refractivity contribution < 1.29 is 9.59 Å². The van der Waals surface area contributed by atoms with Gasteiger partial charge in [0.05, 0.1) is 0 Å². The molecule has 2 aromatic rings. The van der Waals surface area contributed by atoms with E-state index >= 15 is 0 Å². The van der Waals surface area contributed by atoms with Crippen LogP contribution in [0.3, 0.4) is 0 Å². The Hall–Kier alpha value is -2.68. The molecule has 3 nitrogen and oxygen atoms in total. The molecule has 3 heteroatoms. The quantitative estimate of drug-likeness (QED) is 0.689. The van der Waals surface area contributed by atoms with Gasteiger partial charge >= 0.3 is 0 Å². The lowest BCUT2D eigenvalue weighted by molar-refractivity contribution is -0.116. The van der Waals surface area contributed by atoms with Crippen molar-refractivity contribution in [3.63, 3.8) is 0 Å². The number of amides is 1. The predicted molar refractivity (Wildman–Crippen MR) is 94.7 cm³/mol. The van der Waals surface area contributed by atoms with Gasteiger partial charge in [-0.2, -0.15) is 0 Å². The Balaban J connectivity index is 0.000000322. The lowest BCUT2D eigenvalue weighted by Gasteiger charge is -2.05. The molecule has 0 bridgehead atoms. The molecule has 0 aliphatic rings. The molecule has 0 aliphatic heterocycles. The summed E-state index contributed by atoms with van der Waals surface area (Å²) in [6.45, 7) is 9.81. The van der Waals surface area contributed by atoms with Gasteiger partial charge in [-0.25, -0.2) is 0 Å². The summed E-state index contributed by atoms with van der Waals surface area (Å²) in [7, 11) is 0. The van der Waals surface area contributed by atoms with Crippen LogP contribution in [0, 0.1) is 13.8 Å². The average molecular weight is 309 g/mol. The maximum atomic E-state index is 12.2. The molecule has 0 saturated carbocycles. The Morgan fingerprint density at radius 2 is 1.74 bits per heavy atom. The summed E-state index contributed by atoms with van der Waals surface area (Å²) < 4.78 is 0. The molecule has 2 aromatic carbocycles. The van der Waals surface area contributed by atoms with Crippen LogP contribution in [0.15, 0.2) is 61.2 Å². The molecular formula is C20H23NO2. The van der Waals surface area contributed by atoms with E-state index in [-0.39, 0.29) is 11.7 Å². The van der Waals surface area contributed by atoms with Crippen LogP contribution in [0.2, 0.25) is 0 Å². The molecule has 0 heterocycles. The van der Waals surface area contributed by atoms with Crippen LogP contribution >= 0.6 is 0 Å². The summed E-state index contributed by atoms with van der Waals surface area (Å²) in [5, 5.41) is 2.54. The Labute approximate surface area is 138 Å². The van der Waals surface area contributed by atoms with Gasteiger partial charge in [0.2, 0.25) is 5.91 Å². The second-order valence-corrected chi connectivity index (χ2v) is 5.11. The van der Waals surface area contributed by atoms with Crippen molar-refractivity contribution in [1.29, 1.82) is 0 Å². The van der Waals surface area contributed by atoms with Gasteiger partial charge in [0.25, 0.3) is 0 Å². The number of nitrogens with one attached hydrogen (secondary N) is 1. The summed E-state index contributed by atoms with van der Waals surface area (Å²) >= 11 is 0. The summed E-state index contributed by atoms with van der Waals surface area (Å²) in [6.07, 6.45) is 1.25. The monoisotopic (exact) mass is 309 g/mol. The summed E-state index contributed by atoms with van der Waals surface area (Å²) in [5.74, 6) is -0.0133. The van der Waals surface area contributed by atoms with Gasteiger partial charge in [0, 0.05) is 17.7 Å². The molecule has 0 aromatic heterocycles. The van der Waals surface area contributed by atoms with Crippen LogP contribution in [0.4, 0.5) is 0 Å². The molecule has 0 spiro atoms. The van der Waals surface area contributed by atoms with Crippen LogP contribution in [0.25, 0.3) is 0 Å². The highest BCUT2D eigenvalue weighted by Crippen LogP contribution is 2.15. The fourth-order valence-electron chi connectivity index (χ4n) is 2.06. The van der Waals surface area contributed by atoms with E-state index in [0.717, 1.165) is 16.7 Å². The number of likely N-dealkylation sites (N-methyl/N-ethyl adjacent to an activating group) is 1. The zero-order chi connectivity index (χ0) is 17.2. The molecule has 1 amide bonds. The topological polar surface area (TPSA) is 46.2 Å². The maximum absolute atomic E-state index is 12.2. The SMILES string of the molecule is C=CC(=O)NCC.Cc1ccc(C(=O)c2ccccc2)c(C)c1. The van der Waals surface area contributed by atoms with Gasteiger partial charge in [-0.3, -0.25) is 9.59 Å². The van der Waals surface area contributed by atoms with Crippen LogP contribution in [-0.2, 0) is 4.79 Å². The number of ketones is 1. The zero-order valence-electron chi connectivity index (χ0n) is 13.9. The van der Waals surface area contributed by atoms with Gasteiger partial charge in [-0.1, -0.05) is 60.7 Å². The second-order valence-electron chi connectivity index (χ2n) is 5.11. The molecule has 23 heavy (non-hydrogen) atoms. The van der Waals surface area contributed by atoms with Gasteiger partial charge < -0.3 is 5.32 Å². The predicted octanol–water partition coefficient (Wildman–Crippen LogP) is 3.84. The highest BCUT2D eigenvalue weighted by molar-refractivity contribution is 6.09. The smallest absolute Gasteiger partial charge is 0.243 e. The van der Waals surface area contributed by atoms with Crippen LogP contribution in [-0.4, -0.2) is 18.2 Å².